The van der Waals surface area contributed by atoms with Gasteiger partial charge >= 0.3 is 0 Å². The Morgan fingerprint density at radius 2 is 1.94 bits per heavy atom. The lowest BCUT2D eigenvalue weighted by Gasteiger charge is -2.48. The molecule has 1 N–H and O–H groups in total. The van der Waals surface area contributed by atoms with E-state index in [0.29, 0.717) is 12.8 Å². The molecule has 0 bridgehead atoms. The van der Waals surface area contributed by atoms with Crippen LogP contribution in [0.5, 0.6) is 0 Å². The Balaban J connectivity index is 2.35. The minimum Gasteiger partial charge on any atom is -0.390 e. The summed E-state index contributed by atoms with van der Waals surface area (Å²) in [4.78, 5) is 14.2. The molecule has 3 nitrogen and oxygen atoms in total. The molecule has 0 spiro atoms. The summed E-state index contributed by atoms with van der Waals surface area (Å²) >= 11 is 0. The van der Waals surface area contributed by atoms with Crippen molar-refractivity contribution in [3.8, 4) is 0 Å². The second-order valence-corrected chi connectivity index (χ2v) is 4.59. The van der Waals surface area contributed by atoms with Gasteiger partial charge in [-0.3, -0.25) is 0 Å². The highest BCUT2D eigenvalue weighted by atomic mass is 19.1. The Hall–Kier alpha value is -1.51. The van der Waals surface area contributed by atoms with Gasteiger partial charge in [-0.2, -0.15) is 4.99 Å². The van der Waals surface area contributed by atoms with E-state index in [0.717, 1.165) is 5.56 Å². The molecule has 2 rings (SSSR count). The summed E-state index contributed by atoms with van der Waals surface area (Å²) in [6, 6.07) is 5.83. The van der Waals surface area contributed by atoms with Crippen LogP contribution in [0.2, 0.25) is 0 Å². The normalized spacial score (nSPS) is 32.7. The van der Waals surface area contributed by atoms with Gasteiger partial charge in [-0.25, -0.2) is 9.18 Å². The van der Waals surface area contributed by atoms with E-state index < -0.39 is 11.1 Å². The van der Waals surface area contributed by atoms with Crippen LogP contribution in [0.3, 0.4) is 0 Å². The summed E-state index contributed by atoms with van der Waals surface area (Å²) in [5.41, 5.74) is -0.794. The van der Waals surface area contributed by atoms with Crippen molar-refractivity contribution in [2.75, 3.05) is 0 Å². The summed E-state index contributed by atoms with van der Waals surface area (Å²) in [6.45, 7) is 1.69. The zero-order valence-electron chi connectivity index (χ0n) is 8.90. The lowest BCUT2D eigenvalue weighted by atomic mass is 9.63. The van der Waals surface area contributed by atoms with Crippen LogP contribution in [0.4, 0.5) is 4.39 Å². The summed E-state index contributed by atoms with van der Waals surface area (Å²) in [7, 11) is 0. The van der Waals surface area contributed by atoms with Crippen LogP contribution in [0.1, 0.15) is 25.3 Å². The standard InChI is InChI=1S/C12H12FNO2/c1-11(16)6-12(7-11,14-8-15)9-2-4-10(13)5-3-9/h2-5,16H,6-7H2,1H3. The fourth-order valence-electron chi connectivity index (χ4n) is 2.40. The molecule has 0 aromatic heterocycles. The maximum Gasteiger partial charge on any atom is 0.235 e. The largest absolute Gasteiger partial charge is 0.390 e. The van der Waals surface area contributed by atoms with Crippen molar-refractivity contribution in [1.29, 1.82) is 0 Å². The second-order valence-electron chi connectivity index (χ2n) is 4.59. The number of aliphatic imine (C=N–C) groups is 1. The number of carbonyl (C=O) groups excluding carboxylic acids is 1. The highest BCUT2D eigenvalue weighted by molar-refractivity contribution is 5.40. The Bertz CT molecular complexity index is 439. The summed E-state index contributed by atoms with van der Waals surface area (Å²) in [5.74, 6) is -0.333. The van der Waals surface area contributed by atoms with Gasteiger partial charge in [-0.1, -0.05) is 12.1 Å². The molecule has 1 saturated carbocycles. The lowest BCUT2D eigenvalue weighted by molar-refractivity contribution is -0.0727. The van der Waals surface area contributed by atoms with E-state index >= 15 is 0 Å². The molecule has 1 aromatic carbocycles. The van der Waals surface area contributed by atoms with Gasteiger partial charge in [0.05, 0.1) is 5.60 Å². The van der Waals surface area contributed by atoms with Gasteiger partial charge in [-0.15, -0.1) is 0 Å². The number of isocyanates is 1. The number of benzene rings is 1. The molecule has 84 valence electrons. The number of aliphatic hydroxyl groups is 1. The fourth-order valence-corrected chi connectivity index (χ4v) is 2.40. The first-order valence-electron chi connectivity index (χ1n) is 5.05. The van der Waals surface area contributed by atoms with Gasteiger partial charge in [0.2, 0.25) is 6.08 Å². The fraction of sp³-hybridized carbons (Fsp3) is 0.417. The molecular formula is C12H12FNO2. The smallest absolute Gasteiger partial charge is 0.235 e. The summed E-state index contributed by atoms with van der Waals surface area (Å²) in [5, 5.41) is 9.73. The SMILES string of the molecule is CC1(O)CC(N=C=O)(c2ccc(F)cc2)C1. The van der Waals surface area contributed by atoms with Gasteiger partial charge in [0, 0.05) is 12.8 Å². The molecular weight excluding hydrogens is 209 g/mol. The Labute approximate surface area is 92.6 Å². The molecule has 1 aliphatic carbocycles. The third kappa shape index (κ3) is 1.77. The van der Waals surface area contributed by atoms with Gasteiger partial charge in [0.25, 0.3) is 0 Å². The summed E-state index contributed by atoms with van der Waals surface area (Å²) < 4.78 is 12.8. The number of rotatable bonds is 2. The predicted octanol–water partition coefficient (Wildman–Crippen LogP) is 1.90. The topological polar surface area (TPSA) is 49.7 Å². The average Bonchev–Trinajstić information content (AvgIpc) is 2.16. The van der Waals surface area contributed by atoms with Crippen LogP contribution >= 0.6 is 0 Å². The van der Waals surface area contributed by atoms with Crippen LogP contribution < -0.4 is 0 Å². The first kappa shape index (κ1) is 11.0. The summed E-state index contributed by atoms with van der Waals surface area (Å²) in [6.07, 6.45) is 2.26. The number of halogens is 1. The van der Waals surface area contributed by atoms with Gasteiger partial charge in [-0.05, 0) is 24.6 Å². The third-order valence-electron chi connectivity index (χ3n) is 2.99. The molecule has 0 heterocycles. The Kier molecular flexibility index (Phi) is 2.41. The van der Waals surface area contributed by atoms with Crippen molar-refractivity contribution in [3.05, 3.63) is 35.6 Å². The molecule has 1 aliphatic rings. The van der Waals surface area contributed by atoms with Crippen molar-refractivity contribution < 1.29 is 14.3 Å². The van der Waals surface area contributed by atoms with E-state index in [1.54, 1.807) is 19.1 Å². The zero-order valence-corrected chi connectivity index (χ0v) is 8.90. The maximum absolute atomic E-state index is 12.8. The third-order valence-corrected chi connectivity index (χ3v) is 2.99. The highest BCUT2D eigenvalue weighted by Gasteiger charge is 2.52. The van der Waals surface area contributed by atoms with E-state index in [-0.39, 0.29) is 5.82 Å². The first-order valence-corrected chi connectivity index (χ1v) is 5.05. The van der Waals surface area contributed by atoms with E-state index in [1.165, 1.54) is 18.2 Å². The molecule has 0 atom stereocenters. The number of hydrogen-bond acceptors (Lipinski definition) is 3. The Morgan fingerprint density at radius 3 is 2.38 bits per heavy atom. The molecule has 4 heteroatoms. The molecule has 1 fully saturated rings. The Morgan fingerprint density at radius 1 is 1.38 bits per heavy atom. The molecule has 0 radical (unpaired) electrons. The second kappa shape index (κ2) is 3.51. The molecule has 16 heavy (non-hydrogen) atoms. The highest BCUT2D eigenvalue weighted by Crippen LogP contribution is 2.50. The molecule has 0 amide bonds. The van der Waals surface area contributed by atoms with Crippen LogP contribution in [-0.2, 0) is 10.3 Å². The maximum atomic E-state index is 12.8. The molecule has 1 aromatic rings. The van der Waals surface area contributed by atoms with Crippen LogP contribution in [-0.4, -0.2) is 16.8 Å². The van der Waals surface area contributed by atoms with E-state index in [1.807, 2.05) is 0 Å². The monoisotopic (exact) mass is 221 g/mol. The van der Waals surface area contributed by atoms with Crippen LogP contribution in [0, 0.1) is 5.82 Å². The first-order chi connectivity index (χ1) is 7.47. The zero-order chi connectivity index (χ0) is 11.8. The predicted molar refractivity (Wildman–Crippen MR) is 56.1 cm³/mol. The minimum atomic E-state index is -0.811. The number of nitrogens with zero attached hydrogens (tertiary/aromatic N) is 1. The van der Waals surface area contributed by atoms with Crippen LogP contribution in [0.15, 0.2) is 29.3 Å². The van der Waals surface area contributed by atoms with Crippen molar-refractivity contribution in [1.82, 2.24) is 0 Å². The van der Waals surface area contributed by atoms with E-state index in [9.17, 15) is 14.3 Å². The lowest BCUT2D eigenvalue weighted by Crippen LogP contribution is -2.51. The molecule has 0 aliphatic heterocycles. The minimum absolute atomic E-state index is 0.333. The van der Waals surface area contributed by atoms with Crippen molar-refractivity contribution >= 4 is 6.08 Å². The molecule has 0 unspecified atom stereocenters. The van der Waals surface area contributed by atoms with E-state index in [4.69, 9.17) is 0 Å². The van der Waals surface area contributed by atoms with E-state index in [2.05, 4.69) is 4.99 Å². The van der Waals surface area contributed by atoms with Crippen LogP contribution in [0.25, 0.3) is 0 Å². The van der Waals surface area contributed by atoms with Crippen molar-refractivity contribution in [2.45, 2.75) is 30.9 Å². The van der Waals surface area contributed by atoms with Gasteiger partial charge in [0.1, 0.15) is 11.4 Å². The van der Waals surface area contributed by atoms with Crippen molar-refractivity contribution in [3.63, 3.8) is 0 Å². The van der Waals surface area contributed by atoms with Gasteiger partial charge < -0.3 is 5.11 Å². The van der Waals surface area contributed by atoms with Gasteiger partial charge in [0.15, 0.2) is 0 Å². The quantitative estimate of drug-likeness (QED) is 0.612. The number of hydrogen-bond donors (Lipinski definition) is 1. The van der Waals surface area contributed by atoms with Crippen molar-refractivity contribution in [2.24, 2.45) is 4.99 Å². The molecule has 0 saturated heterocycles. The average molecular weight is 221 g/mol.